The maximum Gasteiger partial charge on any atom is 0.225 e. The summed E-state index contributed by atoms with van der Waals surface area (Å²) < 4.78 is 16.1. The van der Waals surface area contributed by atoms with Crippen molar-refractivity contribution in [3.63, 3.8) is 0 Å². The van der Waals surface area contributed by atoms with Crippen molar-refractivity contribution in [3.8, 4) is 5.69 Å². The molecule has 1 aliphatic heterocycles. The van der Waals surface area contributed by atoms with E-state index in [1.54, 1.807) is 29.4 Å². The lowest BCUT2D eigenvalue weighted by Crippen LogP contribution is -2.40. The third kappa shape index (κ3) is 4.91. The number of para-hydroxylation sites is 1. The fourth-order valence-electron chi connectivity index (χ4n) is 3.68. The summed E-state index contributed by atoms with van der Waals surface area (Å²) >= 11 is 0. The molecule has 8 heteroatoms. The number of imidazole rings is 1. The zero-order valence-corrected chi connectivity index (χ0v) is 17.3. The Bertz CT molecular complexity index is 1080. The smallest absolute Gasteiger partial charge is 0.225 e. The van der Waals surface area contributed by atoms with Crippen LogP contribution >= 0.6 is 0 Å². The van der Waals surface area contributed by atoms with E-state index in [0.29, 0.717) is 37.7 Å². The normalized spacial score (nSPS) is 15.9. The van der Waals surface area contributed by atoms with E-state index in [2.05, 4.69) is 25.9 Å². The molecule has 1 unspecified atom stereocenters. The molecule has 2 aromatic carbocycles. The largest absolute Gasteiger partial charge is 0.357 e. The number of guanidine groups is 1. The molecule has 0 aliphatic carbocycles. The van der Waals surface area contributed by atoms with Crippen molar-refractivity contribution >= 4 is 17.6 Å². The van der Waals surface area contributed by atoms with Crippen LogP contribution in [0, 0.1) is 5.82 Å². The molecule has 3 aromatic rings. The van der Waals surface area contributed by atoms with Crippen molar-refractivity contribution in [2.24, 2.45) is 4.99 Å². The molecule has 1 aliphatic rings. The molecule has 4 rings (SSSR count). The van der Waals surface area contributed by atoms with Crippen molar-refractivity contribution in [1.29, 1.82) is 0 Å². The third-order valence-corrected chi connectivity index (χ3v) is 5.18. The van der Waals surface area contributed by atoms with Crippen LogP contribution in [0.25, 0.3) is 5.69 Å². The monoisotopic (exact) mass is 420 g/mol. The molecule has 0 radical (unpaired) electrons. The fraction of sp³-hybridized carbons (Fsp3) is 0.261. The van der Waals surface area contributed by atoms with Gasteiger partial charge in [-0.05, 0) is 36.2 Å². The van der Waals surface area contributed by atoms with E-state index in [1.807, 2.05) is 37.3 Å². The van der Waals surface area contributed by atoms with Gasteiger partial charge < -0.3 is 20.5 Å². The number of amides is 1. The molecule has 3 N–H and O–H groups in total. The number of benzene rings is 2. The second-order valence-corrected chi connectivity index (χ2v) is 7.37. The first kappa shape index (κ1) is 20.6. The molecule has 0 fully saturated rings. The lowest BCUT2D eigenvalue weighted by atomic mass is 9.90. The molecule has 1 atom stereocenters. The Morgan fingerprint density at radius 2 is 2.16 bits per heavy atom. The lowest BCUT2D eigenvalue weighted by molar-refractivity contribution is -0.116. The number of aromatic nitrogens is 2. The molecule has 0 saturated heterocycles. The first-order valence-electron chi connectivity index (χ1n) is 10.3. The zero-order chi connectivity index (χ0) is 21.6. The number of rotatable bonds is 6. The summed E-state index contributed by atoms with van der Waals surface area (Å²) in [5, 5.41) is 9.45. The predicted octanol–water partition coefficient (Wildman–Crippen LogP) is 3.19. The number of hydrogen-bond acceptors (Lipinski definition) is 3. The number of nitrogens with zero attached hydrogens (tertiary/aromatic N) is 3. The first-order chi connectivity index (χ1) is 15.1. The SMILES string of the molecule is CCNC(=NCc1ccc(-n2ccnc2)c(F)c1)NCC1CC(=O)Nc2ccccc21. The van der Waals surface area contributed by atoms with Crippen LogP contribution in [-0.2, 0) is 11.3 Å². The molecule has 0 spiro atoms. The highest BCUT2D eigenvalue weighted by molar-refractivity contribution is 5.94. The number of halogens is 1. The van der Waals surface area contributed by atoms with Gasteiger partial charge in [-0.3, -0.25) is 4.79 Å². The van der Waals surface area contributed by atoms with Gasteiger partial charge in [0.2, 0.25) is 5.91 Å². The molecular weight excluding hydrogens is 395 g/mol. The van der Waals surface area contributed by atoms with Gasteiger partial charge in [0, 0.05) is 43.5 Å². The Kier molecular flexibility index (Phi) is 6.26. The minimum atomic E-state index is -0.325. The van der Waals surface area contributed by atoms with Crippen LogP contribution in [0.15, 0.2) is 66.2 Å². The molecule has 31 heavy (non-hydrogen) atoms. The molecular formula is C23H25FN6O. The number of carbonyl (C=O) groups is 1. The number of nitrogens with one attached hydrogen (secondary N) is 3. The topological polar surface area (TPSA) is 83.3 Å². The predicted molar refractivity (Wildman–Crippen MR) is 119 cm³/mol. The molecule has 7 nitrogen and oxygen atoms in total. The van der Waals surface area contributed by atoms with E-state index < -0.39 is 0 Å². The maximum atomic E-state index is 14.5. The molecule has 160 valence electrons. The van der Waals surface area contributed by atoms with Crippen LogP contribution in [0.5, 0.6) is 0 Å². The van der Waals surface area contributed by atoms with E-state index in [9.17, 15) is 9.18 Å². The Morgan fingerprint density at radius 3 is 2.94 bits per heavy atom. The van der Waals surface area contributed by atoms with Gasteiger partial charge in [-0.25, -0.2) is 14.4 Å². The average Bonchev–Trinajstić information content (AvgIpc) is 3.30. The van der Waals surface area contributed by atoms with Gasteiger partial charge in [0.25, 0.3) is 0 Å². The number of anilines is 1. The van der Waals surface area contributed by atoms with Gasteiger partial charge in [0.05, 0.1) is 18.6 Å². The summed E-state index contributed by atoms with van der Waals surface area (Å²) in [5.41, 5.74) is 3.19. The van der Waals surface area contributed by atoms with Crippen LogP contribution in [-0.4, -0.2) is 34.5 Å². The standard InChI is InChI=1S/C23H25FN6O/c1-2-26-23(28-14-17-12-22(31)29-20-6-4-3-5-18(17)20)27-13-16-7-8-21(19(24)11-16)30-10-9-25-15-30/h3-11,15,17H,2,12-14H2,1H3,(H,29,31)(H2,26,27,28). The number of aliphatic imine (C=N–C) groups is 1. The van der Waals surface area contributed by atoms with Crippen LogP contribution in [0.3, 0.4) is 0 Å². The molecule has 0 saturated carbocycles. The van der Waals surface area contributed by atoms with Gasteiger partial charge in [-0.15, -0.1) is 0 Å². The summed E-state index contributed by atoms with van der Waals surface area (Å²) in [4.78, 5) is 20.6. The highest BCUT2D eigenvalue weighted by atomic mass is 19.1. The third-order valence-electron chi connectivity index (χ3n) is 5.18. The van der Waals surface area contributed by atoms with Gasteiger partial charge >= 0.3 is 0 Å². The highest BCUT2D eigenvalue weighted by Gasteiger charge is 2.24. The van der Waals surface area contributed by atoms with Gasteiger partial charge in [0.1, 0.15) is 5.82 Å². The number of hydrogen-bond donors (Lipinski definition) is 3. The Balaban J connectivity index is 1.43. The second kappa shape index (κ2) is 9.42. The molecule has 1 aromatic heterocycles. The minimum absolute atomic E-state index is 0.0147. The van der Waals surface area contributed by atoms with E-state index in [1.165, 1.54) is 6.07 Å². The number of carbonyl (C=O) groups excluding carboxylic acids is 1. The van der Waals surface area contributed by atoms with Crippen LogP contribution in [0.4, 0.5) is 10.1 Å². The summed E-state index contributed by atoms with van der Waals surface area (Å²) in [5.74, 6) is 0.375. The zero-order valence-electron chi connectivity index (χ0n) is 17.3. The quantitative estimate of drug-likeness (QED) is 0.423. The van der Waals surface area contributed by atoms with Gasteiger partial charge in [0.15, 0.2) is 5.96 Å². The molecule has 1 amide bonds. The van der Waals surface area contributed by atoms with Gasteiger partial charge in [-0.1, -0.05) is 24.3 Å². The molecule has 0 bridgehead atoms. The summed E-state index contributed by atoms with van der Waals surface area (Å²) in [7, 11) is 0. The second-order valence-electron chi connectivity index (χ2n) is 7.37. The first-order valence-corrected chi connectivity index (χ1v) is 10.3. The van der Waals surface area contributed by atoms with E-state index in [4.69, 9.17) is 0 Å². The summed E-state index contributed by atoms with van der Waals surface area (Å²) in [6, 6.07) is 12.9. The highest BCUT2D eigenvalue weighted by Crippen LogP contribution is 2.31. The molecule has 2 heterocycles. The van der Waals surface area contributed by atoms with E-state index in [0.717, 1.165) is 16.8 Å². The van der Waals surface area contributed by atoms with Gasteiger partial charge in [-0.2, -0.15) is 0 Å². The Labute approximate surface area is 180 Å². The van der Waals surface area contributed by atoms with Crippen molar-refractivity contribution in [1.82, 2.24) is 20.2 Å². The Hall–Kier alpha value is -3.68. The van der Waals surface area contributed by atoms with Crippen molar-refractivity contribution in [3.05, 3.63) is 78.1 Å². The average molecular weight is 420 g/mol. The van der Waals surface area contributed by atoms with E-state index >= 15 is 0 Å². The Morgan fingerprint density at radius 1 is 1.29 bits per heavy atom. The van der Waals surface area contributed by atoms with E-state index in [-0.39, 0.29) is 17.6 Å². The maximum absolute atomic E-state index is 14.5. The van der Waals surface area contributed by atoms with Crippen molar-refractivity contribution < 1.29 is 9.18 Å². The minimum Gasteiger partial charge on any atom is -0.357 e. The van der Waals surface area contributed by atoms with Crippen LogP contribution in [0.1, 0.15) is 30.4 Å². The lowest BCUT2D eigenvalue weighted by Gasteiger charge is -2.26. The van der Waals surface area contributed by atoms with Crippen molar-refractivity contribution in [2.75, 3.05) is 18.4 Å². The van der Waals surface area contributed by atoms with Crippen LogP contribution < -0.4 is 16.0 Å². The summed E-state index contributed by atoms with van der Waals surface area (Å²) in [6.07, 6.45) is 5.30. The van der Waals surface area contributed by atoms with Crippen LogP contribution in [0.2, 0.25) is 0 Å². The van der Waals surface area contributed by atoms with Crippen molar-refractivity contribution in [2.45, 2.75) is 25.8 Å². The number of fused-ring (bicyclic) bond motifs is 1. The summed E-state index contributed by atoms with van der Waals surface area (Å²) in [6.45, 7) is 3.59. The fourth-order valence-corrected chi connectivity index (χ4v) is 3.68.